The minimum atomic E-state index is -0.0214. The molecular formula is C14H17NOS. The van der Waals surface area contributed by atoms with Gasteiger partial charge in [-0.3, -0.25) is 4.79 Å². The molecule has 2 aliphatic rings. The summed E-state index contributed by atoms with van der Waals surface area (Å²) in [6, 6.07) is 0. The molecule has 0 aromatic carbocycles. The highest BCUT2D eigenvalue weighted by Crippen LogP contribution is 2.44. The van der Waals surface area contributed by atoms with Crippen LogP contribution in [-0.2, 0) is 4.79 Å². The standard InChI is InChI=1S/C14H17NOS/c1-4-14(16)15(3)9-13-10(2)11-7-5-6-8-12(11)17-13/h4-8,11-12H,1,9H2,2-3H3. The van der Waals surface area contributed by atoms with E-state index in [9.17, 15) is 4.79 Å². The van der Waals surface area contributed by atoms with E-state index < -0.39 is 0 Å². The van der Waals surface area contributed by atoms with Gasteiger partial charge in [0.25, 0.3) is 0 Å². The Kier molecular flexibility index (Phi) is 3.57. The molecule has 1 aliphatic heterocycles. The summed E-state index contributed by atoms with van der Waals surface area (Å²) in [7, 11) is 1.82. The Hall–Kier alpha value is -1.22. The number of carbonyl (C=O) groups excluding carboxylic acids is 1. The van der Waals surface area contributed by atoms with E-state index in [0.717, 1.165) is 0 Å². The zero-order valence-corrected chi connectivity index (χ0v) is 11.0. The fraction of sp³-hybridized carbons (Fsp3) is 0.357. The van der Waals surface area contributed by atoms with E-state index >= 15 is 0 Å². The van der Waals surface area contributed by atoms with Crippen LogP contribution < -0.4 is 0 Å². The van der Waals surface area contributed by atoms with Crippen molar-refractivity contribution >= 4 is 17.7 Å². The van der Waals surface area contributed by atoms with Crippen molar-refractivity contribution in [2.45, 2.75) is 12.2 Å². The molecule has 0 saturated carbocycles. The largest absolute Gasteiger partial charge is 0.337 e. The Morgan fingerprint density at radius 1 is 1.53 bits per heavy atom. The highest BCUT2D eigenvalue weighted by molar-refractivity contribution is 8.04. The summed E-state index contributed by atoms with van der Waals surface area (Å²) in [5, 5.41) is 0.516. The van der Waals surface area contributed by atoms with Crippen molar-refractivity contribution < 1.29 is 4.79 Å². The van der Waals surface area contributed by atoms with Gasteiger partial charge in [-0.2, -0.15) is 0 Å². The average molecular weight is 247 g/mol. The molecule has 0 aromatic rings. The van der Waals surface area contributed by atoms with Gasteiger partial charge in [-0.05, 0) is 13.0 Å². The molecule has 2 unspecified atom stereocenters. The zero-order chi connectivity index (χ0) is 12.4. The van der Waals surface area contributed by atoms with Crippen LogP contribution in [0.3, 0.4) is 0 Å². The smallest absolute Gasteiger partial charge is 0.246 e. The summed E-state index contributed by atoms with van der Waals surface area (Å²) in [6.07, 6.45) is 10.1. The lowest BCUT2D eigenvalue weighted by atomic mass is 9.93. The van der Waals surface area contributed by atoms with Crippen LogP contribution >= 0.6 is 11.8 Å². The number of thioether (sulfide) groups is 1. The van der Waals surface area contributed by atoms with Crippen LogP contribution in [0.25, 0.3) is 0 Å². The van der Waals surface area contributed by atoms with Gasteiger partial charge in [0.15, 0.2) is 0 Å². The first-order chi connectivity index (χ1) is 8.13. The van der Waals surface area contributed by atoms with Crippen LogP contribution in [0.4, 0.5) is 0 Å². The summed E-state index contributed by atoms with van der Waals surface area (Å²) < 4.78 is 0. The fourth-order valence-corrected chi connectivity index (χ4v) is 3.67. The van der Waals surface area contributed by atoms with Crippen molar-refractivity contribution in [2.24, 2.45) is 5.92 Å². The third-order valence-electron chi connectivity index (χ3n) is 3.23. The third kappa shape index (κ3) is 2.39. The summed E-state index contributed by atoms with van der Waals surface area (Å²) in [4.78, 5) is 14.5. The number of nitrogens with zero attached hydrogens (tertiary/aromatic N) is 1. The van der Waals surface area contributed by atoms with Gasteiger partial charge < -0.3 is 4.90 Å². The number of carbonyl (C=O) groups is 1. The molecule has 1 heterocycles. The molecule has 3 heteroatoms. The SMILES string of the molecule is C=CC(=O)N(C)CC1=C(C)C2C=CC=CC2S1. The van der Waals surface area contributed by atoms with Gasteiger partial charge in [-0.1, -0.05) is 36.5 Å². The van der Waals surface area contributed by atoms with Gasteiger partial charge in [-0.15, -0.1) is 11.8 Å². The number of allylic oxidation sites excluding steroid dienone is 4. The van der Waals surface area contributed by atoms with Gasteiger partial charge in [0.1, 0.15) is 0 Å². The Morgan fingerprint density at radius 3 is 2.88 bits per heavy atom. The lowest BCUT2D eigenvalue weighted by Crippen LogP contribution is -2.26. The minimum Gasteiger partial charge on any atom is -0.337 e. The van der Waals surface area contributed by atoms with Crippen molar-refractivity contribution in [2.75, 3.05) is 13.6 Å². The second-order valence-corrected chi connectivity index (χ2v) is 5.66. The van der Waals surface area contributed by atoms with Gasteiger partial charge in [0, 0.05) is 23.1 Å². The van der Waals surface area contributed by atoms with E-state index in [1.165, 1.54) is 16.6 Å². The summed E-state index contributed by atoms with van der Waals surface area (Å²) in [5.41, 5.74) is 1.39. The second kappa shape index (κ2) is 4.96. The Morgan fingerprint density at radius 2 is 2.24 bits per heavy atom. The van der Waals surface area contributed by atoms with Crippen molar-refractivity contribution in [1.82, 2.24) is 4.90 Å². The first-order valence-electron chi connectivity index (χ1n) is 5.72. The van der Waals surface area contributed by atoms with Crippen molar-refractivity contribution in [3.63, 3.8) is 0 Å². The predicted molar refractivity (Wildman–Crippen MR) is 73.7 cm³/mol. The average Bonchev–Trinajstić information content (AvgIpc) is 2.66. The van der Waals surface area contributed by atoms with Crippen LogP contribution in [0.5, 0.6) is 0 Å². The van der Waals surface area contributed by atoms with E-state index in [4.69, 9.17) is 0 Å². The van der Waals surface area contributed by atoms with Crippen molar-refractivity contribution in [1.29, 1.82) is 0 Å². The Bertz CT molecular complexity index is 434. The molecule has 1 amide bonds. The quantitative estimate of drug-likeness (QED) is 0.715. The maximum atomic E-state index is 11.5. The molecule has 0 radical (unpaired) electrons. The third-order valence-corrected chi connectivity index (χ3v) is 4.69. The summed E-state index contributed by atoms with van der Waals surface area (Å²) >= 11 is 1.87. The molecule has 90 valence electrons. The van der Waals surface area contributed by atoms with Crippen LogP contribution in [0.2, 0.25) is 0 Å². The maximum absolute atomic E-state index is 11.5. The summed E-state index contributed by atoms with van der Waals surface area (Å²) in [5.74, 6) is 0.485. The molecule has 0 aromatic heterocycles. The van der Waals surface area contributed by atoms with Crippen molar-refractivity contribution in [3.05, 3.63) is 47.4 Å². The topological polar surface area (TPSA) is 20.3 Å². The van der Waals surface area contributed by atoms with Gasteiger partial charge in [0.05, 0.1) is 6.54 Å². The first-order valence-corrected chi connectivity index (χ1v) is 6.60. The number of hydrogen-bond donors (Lipinski definition) is 0. The van der Waals surface area contributed by atoms with Gasteiger partial charge in [0.2, 0.25) is 5.91 Å². The normalized spacial score (nSPS) is 26.0. The summed E-state index contributed by atoms with van der Waals surface area (Å²) in [6.45, 7) is 6.37. The molecule has 0 spiro atoms. The van der Waals surface area contributed by atoms with E-state index in [0.29, 0.717) is 17.7 Å². The highest BCUT2D eigenvalue weighted by atomic mass is 32.2. The molecule has 0 saturated heterocycles. The molecule has 0 N–H and O–H groups in total. The van der Waals surface area contributed by atoms with Crippen molar-refractivity contribution in [3.8, 4) is 0 Å². The highest BCUT2D eigenvalue weighted by Gasteiger charge is 2.31. The predicted octanol–water partition coefficient (Wildman–Crippen LogP) is 2.76. The Balaban J connectivity index is 2.09. The molecule has 1 aliphatic carbocycles. The van der Waals surface area contributed by atoms with Gasteiger partial charge >= 0.3 is 0 Å². The lowest BCUT2D eigenvalue weighted by molar-refractivity contribution is -0.124. The van der Waals surface area contributed by atoms with Gasteiger partial charge in [-0.25, -0.2) is 0 Å². The minimum absolute atomic E-state index is 0.0214. The zero-order valence-electron chi connectivity index (χ0n) is 10.2. The van der Waals surface area contributed by atoms with Crippen LogP contribution in [-0.4, -0.2) is 29.6 Å². The molecular weight excluding hydrogens is 230 g/mol. The van der Waals surface area contributed by atoms with E-state index in [1.54, 1.807) is 4.90 Å². The van der Waals surface area contributed by atoms with E-state index in [1.807, 2.05) is 18.8 Å². The van der Waals surface area contributed by atoms with Crippen LogP contribution in [0.1, 0.15) is 6.92 Å². The molecule has 0 bridgehead atoms. The number of amides is 1. The number of hydrogen-bond acceptors (Lipinski definition) is 2. The molecule has 2 atom stereocenters. The van der Waals surface area contributed by atoms with E-state index in [2.05, 4.69) is 37.8 Å². The molecule has 17 heavy (non-hydrogen) atoms. The molecule has 2 nitrogen and oxygen atoms in total. The maximum Gasteiger partial charge on any atom is 0.246 e. The van der Waals surface area contributed by atoms with E-state index in [-0.39, 0.29) is 5.91 Å². The number of likely N-dealkylation sites (N-methyl/N-ethyl adjacent to an activating group) is 1. The molecule has 0 fully saturated rings. The first kappa shape index (κ1) is 12.2. The molecule has 2 rings (SSSR count). The lowest BCUT2D eigenvalue weighted by Gasteiger charge is -2.16. The van der Waals surface area contributed by atoms with Crippen LogP contribution in [0, 0.1) is 5.92 Å². The van der Waals surface area contributed by atoms with Crippen LogP contribution in [0.15, 0.2) is 47.4 Å². The fourth-order valence-electron chi connectivity index (χ4n) is 2.14. The number of fused-ring (bicyclic) bond motifs is 1. The second-order valence-electron chi connectivity index (χ2n) is 4.38. The monoisotopic (exact) mass is 247 g/mol. The number of rotatable bonds is 3. The Labute approximate surface area is 107 Å².